The molecule has 3 aromatic rings. The maximum Gasteiger partial charge on any atom is 0.256 e. The van der Waals surface area contributed by atoms with Gasteiger partial charge in [-0.15, -0.1) is 0 Å². The zero-order chi connectivity index (χ0) is 16.8. The number of rotatable bonds is 6. The molecule has 0 aliphatic rings. The van der Waals surface area contributed by atoms with E-state index in [1.165, 1.54) is 7.11 Å². The molecule has 0 fully saturated rings. The highest BCUT2D eigenvalue weighted by atomic mass is 16.5. The van der Waals surface area contributed by atoms with Gasteiger partial charge in [-0.3, -0.25) is 9.78 Å². The van der Waals surface area contributed by atoms with Crippen LogP contribution in [-0.4, -0.2) is 36.1 Å². The zero-order valence-corrected chi connectivity index (χ0v) is 13.2. The molecule has 6 nitrogen and oxygen atoms in total. The highest BCUT2D eigenvalue weighted by Crippen LogP contribution is 2.22. The largest absolute Gasteiger partial charge is 0.489 e. The van der Waals surface area contributed by atoms with Crippen molar-refractivity contribution < 1.29 is 14.3 Å². The molecule has 0 bridgehead atoms. The predicted molar refractivity (Wildman–Crippen MR) is 90.4 cm³/mol. The molecule has 0 spiro atoms. The van der Waals surface area contributed by atoms with Crippen LogP contribution in [0.25, 0.3) is 10.9 Å². The number of nitrogens with zero attached hydrogens (tertiary/aromatic N) is 2. The molecule has 2 heterocycles. The fraction of sp³-hybridized carbons (Fsp3) is 0.167. The van der Waals surface area contributed by atoms with Gasteiger partial charge >= 0.3 is 0 Å². The molecular formula is C18H17N3O3. The second kappa shape index (κ2) is 7.41. The van der Waals surface area contributed by atoms with Crippen molar-refractivity contribution in [1.82, 2.24) is 15.3 Å². The third kappa shape index (κ3) is 3.43. The van der Waals surface area contributed by atoms with E-state index in [0.29, 0.717) is 30.3 Å². The zero-order valence-electron chi connectivity index (χ0n) is 13.2. The van der Waals surface area contributed by atoms with E-state index in [4.69, 9.17) is 9.47 Å². The number of hydrogen-bond acceptors (Lipinski definition) is 5. The van der Waals surface area contributed by atoms with E-state index in [9.17, 15) is 4.79 Å². The number of fused-ring (bicyclic) bond motifs is 1. The fourth-order valence-corrected chi connectivity index (χ4v) is 2.34. The van der Waals surface area contributed by atoms with Crippen molar-refractivity contribution in [3.8, 4) is 11.6 Å². The second-order valence-electron chi connectivity index (χ2n) is 5.00. The third-order valence-electron chi connectivity index (χ3n) is 3.45. The molecular weight excluding hydrogens is 306 g/mol. The van der Waals surface area contributed by atoms with Crippen LogP contribution in [0, 0.1) is 0 Å². The van der Waals surface area contributed by atoms with E-state index in [1.54, 1.807) is 24.5 Å². The Morgan fingerprint density at radius 2 is 1.88 bits per heavy atom. The number of pyridine rings is 2. The number of nitrogens with one attached hydrogen (secondary N) is 1. The third-order valence-corrected chi connectivity index (χ3v) is 3.45. The summed E-state index contributed by atoms with van der Waals surface area (Å²) in [5, 5.41) is 3.80. The minimum atomic E-state index is -0.250. The molecule has 0 unspecified atom stereocenters. The standard InChI is InChI=1S/C18H17N3O3/c1-23-18-14(7-4-10-21-18)17(22)20-11-12-24-15-8-2-5-13-6-3-9-19-16(13)15/h2-10H,11-12H2,1H3,(H,20,22). The lowest BCUT2D eigenvalue weighted by Gasteiger charge is -2.10. The van der Waals surface area contributed by atoms with E-state index in [1.807, 2.05) is 30.3 Å². The monoisotopic (exact) mass is 323 g/mol. The predicted octanol–water partition coefficient (Wildman–Crippen LogP) is 2.45. The van der Waals surface area contributed by atoms with Crippen molar-refractivity contribution in [3.63, 3.8) is 0 Å². The number of para-hydroxylation sites is 1. The van der Waals surface area contributed by atoms with Crippen LogP contribution in [0.2, 0.25) is 0 Å². The minimum Gasteiger partial charge on any atom is -0.489 e. The molecule has 0 atom stereocenters. The number of carbonyl (C=O) groups is 1. The number of aromatic nitrogens is 2. The Balaban J connectivity index is 1.58. The number of benzene rings is 1. The molecule has 0 aliphatic carbocycles. The van der Waals surface area contributed by atoms with E-state index in [-0.39, 0.29) is 5.91 Å². The Kier molecular flexibility index (Phi) is 4.86. The number of hydrogen-bond donors (Lipinski definition) is 1. The van der Waals surface area contributed by atoms with Crippen molar-refractivity contribution in [1.29, 1.82) is 0 Å². The van der Waals surface area contributed by atoms with Gasteiger partial charge in [0.05, 0.1) is 13.7 Å². The first kappa shape index (κ1) is 15.7. The molecule has 24 heavy (non-hydrogen) atoms. The normalized spacial score (nSPS) is 10.4. The summed E-state index contributed by atoms with van der Waals surface area (Å²) in [7, 11) is 1.48. The molecule has 0 aliphatic heterocycles. The summed E-state index contributed by atoms with van der Waals surface area (Å²) in [6.07, 6.45) is 3.30. The van der Waals surface area contributed by atoms with E-state index in [2.05, 4.69) is 15.3 Å². The first-order chi connectivity index (χ1) is 11.8. The quantitative estimate of drug-likeness (QED) is 0.705. The smallest absolute Gasteiger partial charge is 0.256 e. The molecule has 0 saturated heterocycles. The average Bonchev–Trinajstić information content (AvgIpc) is 2.65. The number of amides is 1. The molecule has 1 aromatic carbocycles. The van der Waals surface area contributed by atoms with Crippen LogP contribution in [0.4, 0.5) is 0 Å². The van der Waals surface area contributed by atoms with Crippen molar-refractivity contribution in [2.24, 2.45) is 0 Å². The van der Waals surface area contributed by atoms with Crippen LogP contribution in [0.5, 0.6) is 11.6 Å². The van der Waals surface area contributed by atoms with Crippen LogP contribution < -0.4 is 14.8 Å². The van der Waals surface area contributed by atoms with Crippen LogP contribution >= 0.6 is 0 Å². The minimum absolute atomic E-state index is 0.250. The van der Waals surface area contributed by atoms with Crippen LogP contribution in [-0.2, 0) is 0 Å². The van der Waals surface area contributed by atoms with Gasteiger partial charge in [-0.25, -0.2) is 4.98 Å². The van der Waals surface area contributed by atoms with Gasteiger partial charge in [0.15, 0.2) is 0 Å². The Labute approximate surface area is 139 Å². The van der Waals surface area contributed by atoms with E-state index in [0.717, 1.165) is 10.9 Å². The van der Waals surface area contributed by atoms with E-state index < -0.39 is 0 Å². The van der Waals surface area contributed by atoms with Crippen LogP contribution in [0.1, 0.15) is 10.4 Å². The average molecular weight is 323 g/mol. The summed E-state index contributed by atoms with van der Waals surface area (Å²) < 4.78 is 10.8. The molecule has 3 rings (SSSR count). The number of ether oxygens (including phenoxy) is 2. The Morgan fingerprint density at radius 3 is 2.75 bits per heavy atom. The second-order valence-corrected chi connectivity index (χ2v) is 5.00. The topological polar surface area (TPSA) is 73.3 Å². The molecule has 1 N–H and O–H groups in total. The van der Waals surface area contributed by atoms with Crippen molar-refractivity contribution in [3.05, 3.63) is 60.4 Å². The molecule has 0 radical (unpaired) electrons. The van der Waals surface area contributed by atoms with Gasteiger partial charge in [0.1, 0.15) is 23.4 Å². The first-order valence-corrected chi connectivity index (χ1v) is 7.53. The lowest BCUT2D eigenvalue weighted by Crippen LogP contribution is -2.28. The SMILES string of the molecule is COc1ncccc1C(=O)NCCOc1cccc2cccnc12. The van der Waals surface area contributed by atoms with Crippen molar-refractivity contribution >= 4 is 16.8 Å². The Hall–Kier alpha value is -3.15. The summed E-state index contributed by atoms with van der Waals surface area (Å²) in [6, 6.07) is 13.0. The maximum atomic E-state index is 12.1. The van der Waals surface area contributed by atoms with Crippen LogP contribution in [0.3, 0.4) is 0 Å². The van der Waals surface area contributed by atoms with Crippen molar-refractivity contribution in [2.45, 2.75) is 0 Å². The summed E-state index contributed by atoms with van der Waals surface area (Å²) in [5.74, 6) is 0.745. The Bertz CT molecular complexity index is 846. The lowest BCUT2D eigenvalue weighted by molar-refractivity contribution is 0.0943. The number of methoxy groups -OCH3 is 1. The highest BCUT2D eigenvalue weighted by Gasteiger charge is 2.12. The summed E-state index contributed by atoms with van der Waals surface area (Å²) in [4.78, 5) is 20.5. The summed E-state index contributed by atoms with van der Waals surface area (Å²) in [6.45, 7) is 0.699. The van der Waals surface area contributed by atoms with Crippen molar-refractivity contribution in [2.75, 3.05) is 20.3 Å². The summed E-state index contributed by atoms with van der Waals surface area (Å²) >= 11 is 0. The fourth-order valence-electron chi connectivity index (χ4n) is 2.34. The first-order valence-electron chi connectivity index (χ1n) is 7.53. The van der Waals surface area contributed by atoms with Gasteiger partial charge in [0.25, 0.3) is 5.91 Å². The van der Waals surface area contributed by atoms with Gasteiger partial charge in [-0.2, -0.15) is 0 Å². The van der Waals surface area contributed by atoms with Gasteiger partial charge < -0.3 is 14.8 Å². The van der Waals surface area contributed by atoms with E-state index >= 15 is 0 Å². The molecule has 122 valence electrons. The number of carbonyl (C=O) groups excluding carboxylic acids is 1. The highest BCUT2D eigenvalue weighted by molar-refractivity contribution is 5.96. The lowest BCUT2D eigenvalue weighted by atomic mass is 10.2. The molecule has 0 saturated carbocycles. The van der Waals surface area contributed by atoms with Gasteiger partial charge in [-0.1, -0.05) is 18.2 Å². The molecule has 6 heteroatoms. The molecule has 2 aromatic heterocycles. The Morgan fingerprint density at radius 1 is 1.08 bits per heavy atom. The van der Waals surface area contributed by atoms with Crippen LogP contribution in [0.15, 0.2) is 54.9 Å². The maximum absolute atomic E-state index is 12.1. The molecule has 1 amide bonds. The van der Waals surface area contributed by atoms with Gasteiger partial charge in [0.2, 0.25) is 5.88 Å². The van der Waals surface area contributed by atoms with Gasteiger partial charge in [-0.05, 0) is 24.3 Å². The van der Waals surface area contributed by atoms with Gasteiger partial charge in [0, 0.05) is 17.8 Å². The summed E-state index contributed by atoms with van der Waals surface area (Å²) in [5.41, 5.74) is 1.20.